The van der Waals surface area contributed by atoms with E-state index < -0.39 is 10.0 Å². The summed E-state index contributed by atoms with van der Waals surface area (Å²) in [5.41, 5.74) is 0. The van der Waals surface area contributed by atoms with E-state index in [0.29, 0.717) is 13.2 Å². The highest BCUT2D eigenvalue weighted by Gasteiger charge is 2.37. The quantitative estimate of drug-likeness (QED) is 0.778. The molecule has 102 valence electrons. The zero-order chi connectivity index (χ0) is 13.5. The van der Waals surface area contributed by atoms with E-state index in [1.807, 2.05) is 13.8 Å². The van der Waals surface area contributed by atoms with Crippen LogP contribution in [0.25, 0.3) is 0 Å². The van der Waals surface area contributed by atoms with Crippen LogP contribution in [0.5, 0.6) is 0 Å². The summed E-state index contributed by atoms with van der Waals surface area (Å²) >= 11 is 3.12. The van der Waals surface area contributed by atoms with E-state index in [4.69, 9.17) is 4.74 Å². The van der Waals surface area contributed by atoms with Crippen LogP contribution in [0.15, 0.2) is 9.63 Å². The Balaban J connectivity index is 2.42. The number of morpholine rings is 1. The van der Waals surface area contributed by atoms with Gasteiger partial charge in [-0.25, -0.2) is 13.1 Å². The Bertz CT molecular complexity index is 525. The molecule has 0 aromatic carbocycles. The third-order valence-corrected chi connectivity index (χ3v) is 5.71. The van der Waals surface area contributed by atoms with Gasteiger partial charge in [0.15, 0.2) is 4.60 Å². The van der Waals surface area contributed by atoms with Gasteiger partial charge in [-0.15, -0.1) is 5.10 Å². The molecule has 7 nitrogen and oxygen atoms in total. The van der Waals surface area contributed by atoms with Gasteiger partial charge in [0.25, 0.3) is 10.0 Å². The summed E-state index contributed by atoms with van der Waals surface area (Å²) in [7, 11) is -2.06. The van der Waals surface area contributed by atoms with Crippen LogP contribution in [0.3, 0.4) is 0 Å². The summed E-state index contributed by atoms with van der Waals surface area (Å²) in [6.45, 7) is 4.40. The van der Waals surface area contributed by atoms with Crippen molar-refractivity contribution in [2.75, 3.05) is 13.2 Å². The predicted molar refractivity (Wildman–Crippen MR) is 67.5 cm³/mol. The minimum Gasteiger partial charge on any atom is -0.375 e. The fourth-order valence-electron chi connectivity index (χ4n) is 1.92. The molecule has 0 radical (unpaired) electrons. The Kier molecular flexibility index (Phi) is 3.77. The van der Waals surface area contributed by atoms with Gasteiger partial charge in [-0.2, -0.15) is 4.31 Å². The Morgan fingerprint density at radius 1 is 1.44 bits per heavy atom. The number of ether oxygens (including phenoxy) is 1. The topological polar surface area (TPSA) is 77.3 Å². The first-order chi connectivity index (χ1) is 8.34. The molecular formula is C9H15BrN4O3S. The number of hydrogen-bond donors (Lipinski definition) is 0. The molecule has 0 saturated carbocycles. The van der Waals surface area contributed by atoms with Crippen molar-refractivity contribution in [2.24, 2.45) is 7.05 Å². The van der Waals surface area contributed by atoms with Crippen molar-refractivity contribution in [1.29, 1.82) is 0 Å². The number of hydrogen-bond acceptors (Lipinski definition) is 5. The van der Waals surface area contributed by atoms with Crippen molar-refractivity contribution >= 4 is 26.0 Å². The fraction of sp³-hybridized carbons (Fsp3) is 0.778. The molecule has 1 fully saturated rings. The molecule has 18 heavy (non-hydrogen) atoms. The summed E-state index contributed by atoms with van der Waals surface area (Å²) in [4.78, 5) is 0. The molecule has 9 heteroatoms. The molecule has 2 heterocycles. The van der Waals surface area contributed by atoms with Gasteiger partial charge in [-0.05, 0) is 29.8 Å². The zero-order valence-corrected chi connectivity index (χ0v) is 12.8. The maximum absolute atomic E-state index is 12.6. The SMILES string of the molecule is CC1CN(S(=O)(=O)c2c(Br)nnn2C)C(C)CO1. The Labute approximate surface area is 114 Å². The van der Waals surface area contributed by atoms with Crippen molar-refractivity contribution in [3.8, 4) is 0 Å². The van der Waals surface area contributed by atoms with Crippen molar-refractivity contribution in [3.05, 3.63) is 4.60 Å². The number of nitrogens with zero attached hydrogens (tertiary/aromatic N) is 4. The van der Waals surface area contributed by atoms with Gasteiger partial charge in [-0.1, -0.05) is 5.21 Å². The lowest BCUT2D eigenvalue weighted by atomic mass is 10.2. The van der Waals surface area contributed by atoms with Crippen molar-refractivity contribution < 1.29 is 13.2 Å². The smallest absolute Gasteiger partial charge is 0.263 e. The van der Waals surface area contributed by atoms with E-state index in [-0.39, 0.29) is 21.8 Å². The van der Waals surface area contributed by atoms with Crippen molar-refractivity contribution in [1.82, 2.24) is 19.3 Å². The molecule has 2 atom stereocenters. The number of rotatable bonds is 2. The summed E-state index contributed by atoms with van der Waals surface area (Å²) in [6, 6.07) is -0.201. The largest absolute Gasteiger partial charge is 0.375 e. The summed E-state index contributed by atoms with van der Waals surface area (Å²) in [6.07, 6.45) is -0.115. The van der Waals surface area contributed by atoms with Crippen LogP contribution in [-0.4, -0.2) is 53.0 Å². The lowest BCUT2D eigenvalue weighted by molar-refractivity contribution is -0.0172. The molecule has 0 bridgehead atoms. The Hall–Kier alpha value is -0.510. The minimum absolute atomic E-state index is 0.0726. The van der Waals surface area contributed by atoms with E-state index >= 15 is 0 Å². The first kappa shape index (κ1) is 13.9. The van der Waals surface area contributed by atoms with Crippen LogP contribution in [-0.2, 0) is 21.8 Å². The molecule has 1 aliphatic rings. The second kappa shape index (κ2) is 4.87. The maximum atomic E-state index is 12.6. The van der Waals surface area contributed by atoms with Gasteiger partial charge in [0, 0.05) is 19.6 Å². The van der Waals surface area contributed by atoms with Gasteiger partial charge in [-0.3, -0.25) is 0 Å². The van der Waals surface area contributed by atoms with Crippen molar-refractivity contribution in [3.63, 3.8) is 0 Å². The van der Waals surface area contributed by atoms with Crippen LogP contribution in [0.4, 0.5) is 0 Å². The Morgan fingerprint density at radius 2 is 2.11 bits per heavy atom. The third kappa shape index (κ3) is 2.31. The molecule has 0 amide bonds. The maximum Gasteiger partial charge on any atom is 0.263 e. The van der Waals surface area contributed by atoms with Crippen LogP contribution in [0.2, 0.25) is 0 Å². The Morgan fingerprint density at radius 3 is 2.67 bits per heavy atom. The normalized spacial score (nSPS) is 26.4. The van der Waals surface area contributed by atoms with Gasteiger partial charge >= 0.3 is 0 Å². The molecule has 0 spiro atoms. The van der Waals surface area contributed by atoms with E-state index in [1.54, 1.807) is 7.05 Å². The molecule has 1 saturated heterocycles. The highest BCUT2D eigenvalue weighted by molar-refractivity contribution is 9.10. The van der Waals surface area contributed by atoms with Crippen LogP contribution in [0.1, 0.15) is 13.8 Å². The number of aryl methyl sites for hydroxylation is 1. The monoisotopic (exact) mass is 338 g/mol. The lowest BCUT2D eigenvalue weighted by Gasteiger charge is -2.35. The van der Waals surface area contributed by atoms with Gasteiger partial charge in [0.1, 0.15) is 0 Å². The van der Waals surface area contributed by atoms with Gasteiger partial charge in [0.05, 0.1) is 12.7 Å². The number of halogens is 1. The van der Waals surface area contributed by atoms with Crippen molar-refractivity contribution in [2.45, 2.75) is 31.0 Å². The van der Waals surface area contributed by atoms with E-state index in [0.717, 1.165) is 0 Å². The highest BCUT2D eigenvalue weighted by Crippen LogP contribution is 2.26. The fourth-order valence-corrected chi connectivity index (χ4v) is 4.64. The second-order valence-electron chi connectivity index (χ2n) is 4.38. The van der Waals surface area contributed by atoms with Gasteiger partial charge < -0.3 is 4.74 Å². The molecule has 2 rings (SSSR count). The summed E-state index contributed by atoms with van der Waals surface area (Å²) in [5, 5.41) is 7.49. The molecule has 2 unspecified atom stereocenters. The van der Waals surface area contributed by atoms with E-state index in [2.05, 4.69) is 26.2 Å². The third-order valence-electron chi connectivity index (χ3n) is 2.84. The molecule has 1 aromatic rings. The highest BCUT2D eigenvalue weighted by atomic mass is 79.9. The first-order valence-electron chi connectivity index (χ1n) is 5.52. The molecule has 1 aromatic heterocycles. The van der Waals surface area contributed by atoms with E-state index in [1.165, 1.54) is 8.99 Å². The zero-order valence-electron chi connectivity index (χ0n) is 10.4. The predicted octanol–water partition coefficient (Wildman–Crippen LogP) is 0.375. The summed E-state index contributed by atoms with van der Waals surface area (Å²) < 4.78 is 33.5. The number of sulfonamides is 1. The standard InChI is InChI=1S/C9H15BrN4O3S/c1-6-5-17-7(2)4-14(6)18(15,16)9-8(10)11-12-13(9)3/h6-7H,4-5H2,1-3H3. The molecule has 1 aliphatic heterocycles. The van der Waals surface area contributed by atoms with Crippen LogP contribution < -0.4 is 0 Å². The molecule has 0 N–H and O–H groups in total. The summed E-state index contributed by atoms with van der Waals surface area (Å²) in [5.74, 6) is 0. The van der Waals surface area contributed by atoms with Crippen LogP contribution >= 0.6 is 15.9 Å². The molecule has 0 aliphatic carbocycles. The average Bonchev–Trinajstić information content (AvgIpc) is 2.62. The van der Waals surface area contributed by atoms with Gasteiger partial charge in [0.2, 0.25) is 5.03 Å². The van der Waals surface area contributed by atoms with E-state index in [9.17, 15) is 8.42 Å². The average molecular weight is 339 g/mol. The first-order valence-corrected chi connectivity index (χ1v) is 7.76. The molecular weight excluding hydrogens is 324 g/mol. The number of aromatic nitrogens is 3. The second-order valence-corrected chi connectivity index (χ2v) is 6.93. The van der Waals surface area contributed by atoms with Crippen LogP contribution in [0, 0.1) is 0 Å². The minimum atomic E-state index is -3.62. The lowest BCUT2D eigenvalue weighted by Crippen LogP contribution is -2.50.